The van der Waals surface area contributed by atoms with Crippen molar-refractivity contribution in [2.24, 2.45) is 4.99 Å². The molecule has 0 fully saturated rings. The Balaban J connectivity index is 1.58. The van der Waals surface area contributed by atoms with E-state index in [9.17, 15) is 4.39 Å². The molecule has 0 heterocycles. The Hall–Kier alpha value is -2.04. The number of hydrogen-bond donors (Lipinski definition) is 2. The third kappa shape index (κ3) is 5.45. The lowest BCUT2D eigenvalue weighted by molar-refractivity contribution is 0.310. The minimum Gasteiger partial charge on any atom is -0.494 e. The second-order valence-electron chi connectivity index (χ2n) is 4.94. The lowest BCUT2D eigenvalue weighted by atomic mass is 10.2. The molecule has 1 aromatic rings. The van der Waals surface area contributed by atoms with E-state index in [1.807, 2.05) is 0 Å². The summed E-state index contributed by atoms with van der Waals surface area (Å²) in [6, 6.07) is 6.52. The Bertz CT molecular complexity index is 477. The van der Waals surface area contributed by atoms with Gasteiger partial charge < -0.3 is 15.4 Å². The van der Waals surface area contributed by atoms with Crippen LogP contribution in [-0.2, 0) is 0 Å². The minimum absolute atomic E-state index is 0.250. The first kappa shape index (κ1) is 15.4. The fourth-order valence-corrected chi connectivity index (χ4v) is 2.12. The molecule has 0 aliphatic heterocycles. The zero-order valence-corrected chi connectivity index (χ0v) is 12.3. The van der Waals surface area contributed by atoms with E-state index in [4.69, 9.17) is 4.74 Å². The van der Waals surface area contributed by atoms with Crippen molar-refractivity contribution in [2.45, 2.75) is 25.3 Å². The summed E-state index contributed by atoms with van der Waals surface area (Å²) >= 11 is 0. The summed E-state index contributed by atoms with van der Waals surface area (Å²) < 4.78 is 18.3. The second kappa shape index (κ2) is 8.29. The Labute approximate surface area is 125 Å². The molecule has 1 aliphatic carbocycles. The highest BCUT2D eigenvalue weighted by atomic mass is 19.1. The van der Waals surface area contributed by atoms with Gasteiger partial charge in [0.2, 0.25) is 0 Å². The molecule has 4 nitrogen and oxygen atoms in total. The molecule has 2 N–H and O–H groups in total. The topological polar surface area (TPSA) is 45.7 Å². The van der Waals surface area contributed by atoms with Crippen molar-refractivity contribution in [3.05, 3.63) is 42.2 Å². The van der Waals surface area contributed by atoms with Crippen LogP contribution in [0.4, 0.5) is 4.39 Å². The summed E-state index contributed by atoms with van der Waals surface area (Å²) in [7, 11) is 1.77. The molecule has 21 heavy (non-hydrogen) atoms. The predicted molar refractivity (Wildman–Crippen MR) is 83.2 cm³/mol. The van der Waals surface area contributed by atoms with Gasteiger partial charge in [-0.2, -0.15) is 0 Å². The Morgan fingerprint density at radius 2 is 2.00 bits per heavy atom. The highest BCUT2D eigenvalue weighted by molar-refractivity contribution is 5.80. The Morgan fingerprint density at radius 1 is 1.29 bits per heavy atom. The largest absolute Gasteiger partial charge is 0.494 e. The van der Waals surface area contributed by atoms with Gasteiger partial charge in [-0.05, 0) is 43.5 Å². The lowest BCUT2D eigenvalue weighted by Crippen LogP contribution is -2.42. The molecule has 2 rings (SSSR count). The number of guanidine groups is 1. The zero-order valence-electron chi connectivity index (χ0n) is 12.3. The predicted octanol–water partition coefficient (Wildman–Crippen LogP) is 2.48. The molecule has 0 saturated carbocycles. The Morgan fingerprint density at radius 3 is 2.67 bits per heavy atom. The molecule has 1 aliphatic rings. The van der Waals surface area contributed by atoms with Gasteiger partial charge >= 0.3 is 0 Å². The number of nitrogens with one attached hydrogen (secondary N) is 2. The summed E-state index contributed by atoms with van der Waals surface area (Å²) in [5.74, 6) is 1.27. The first-order chi connectivity index (χ1) is 10.3. The maximum Gasteiger partial charge on any atom is 0.191 e. The van der Waals surface area contributed by atoms with Crippen LogP contribution in [-0.4, -0.2) is 32.2 Å². The van der Waals surface area contributed by atoms with Crippen molar-refractivity contribution >= 4 is 5.96 Å². The van der Waals surface area contributed by atoms with Gasteiger partial charge in [-0.15, -0.1) is 0 Å². The van der Waals surface area contributed by atoms with Crippen LogP contribution >= 0.6 is 0 Å². The fraction of sp³-hybridized carbons (Fsp3) is 0.438. The smallest absolute Gasteiger partial charge is 0.191 e. The first-order valence-electron chi connectivity index (χ1n) is 7.28. The number of halogens is 1. The summed E-state index contributed by atoms with van der Waals surface area (Å²) in [5.41, 5.74) is 0. The second-order valence-corrected chi connectivity index (χ2v) is 4.94. The standard InChI is InChI=1S/C16H22FN3O/c1-18-16(20-14-5-2-3-6-14)19-11-4-12-21-15-9-7-13(17)8-10-15/h2-3,7-10,14H,4-6,11-12H2,1H3,(H2,18,19,20). The molecule has 0 saturated heterocycles. The number of hydrogen-bond acceptors (Lipinski definition) is 2. The number of aliphatic imine (C=N–C) groups is 1. The maximum atomic E-state index is 12.7. The van der Waals surface area contributed by atoms with Crippen molar-refractivity contribution in [1.82, 2.24) is 10.6 Å². The van der Waals surface area contributed by atoms with Crippen LogP contribution in [0.5, 0.6) is 5.75 Å². The van der Waals surface area contributed by atoms with E-state index in [0.717, 1.165) is 31.8 Å². The van der Waals surface area contributed by atoms with Crippen LogP contribution in [0, 0.1) is 5.82 Å². The molecule has 1 aromatic carbocycles. The quantitative estimate of drug-likeness (QED) is 0.366. The van der Waals surface area contributed by atoms with Crippen molar-refractivity contribution in [1.29, 1.82) is 0 Å². The molecule has 0 atom stereocenters. The SMILES string of the molecule is CN=C(NCCCOc1ccc(F)cc1)NC1CC=CC1. The molecule has 5 heteroatoms. The highest BCUT2D eigenvalue weighted by Crippen LogP contribution is 2.11. The third-order valence-corrected chi connectivity index (χ3v) is 3.27. The van der Waals surface area contributed by atoms with Gasteiger partial charge in [-0.25, -0.2) is 4.39 Å². The number of rotatable bonds is 6. The fourth-order valence-electron chi connectivity index (χ4n) is 2.12. The van der Waals surface area contributed by atoms with Gasteiger partial charge in [-0.3, -0.25) is 4.99 Å². The Kier molecular flexibility index (Phi) is 6.06. The number of nitrogens with zero attached hydrogens (tertiary/aromatic N) is 1. The van der Waals surface area contributed by atoms with Crippen LogP contribution < -0.4 is 15.4 Å². The highest BCUT2D eigenvalue weighted by Gasteiger charge is 2.10. The van der Waals surface area contributed by atoms with Crippen LogP contribution in [0.2, 0.25) is 0 Å². The summed E-state index contributed by atoms with van der Waals surface area (Å²) in [6.07, 6.45) is 7.31. The maximum absolute atomic E-state index is 12.7. The monoisotopic (exact) mass is 291 g/mol. The van der Waals surface area contributed by atoms with E-state index in [2.05, 4.69) is 27.8 Å². The molecule has 0 aromatic heterocycles. The van der Waals surface area contributed by atoms with E-state index in [-0.39, 0.29) is 5.82 Å². The average Bonchev–Trinajstić information content (AvgIpc) is 3.00. The molecular formula is C16H22FN3O. The van der Waals surface area contributed by atoms with Gasteiger partial charge in [0, 0.05) is 19.6 Å². The third-order valence-electron chi connectivity index (χ3n) is 3.27. The van der Waals surface area contributed by atoms with Gasteiger partial charge in [0.1, 0.15) is 11.6 Å². The normalized spacial score (nSPS) is 15.2. The zero-order chi connectivity index (χ0) is 14.9. The van der Waals surface area contributed by atoms with Gasteiger partial charge in [-0.1, -0.05) is 12.2 Å². The van der Waals surface area contributed by atoms with Crippen LogP contribution in [0.15, 0.2) is 41.4 Å². The van der Waals surface area contributed by atoms with Crippen LogP contribution in [0.3, 0.4) is 0 Å². The average molecular weight is 291 g/mol. The van der Waals surface area contributed by atoms with E-state index < -0.39 is 0 Å². The molecule has 0 amide bonds. The minimum atomic E-state index is -0.250. The molecule has 0 unspecified atom stereocenters. The number of ether oxygens (including phenoxy) is 1. The van der Waals surface area contributed by atoms with Crippen molar-refractivity contribution < 1.29 is 9.13 Å². The summed E-state index contributed by atoms with van der Waals surface area (Å²) in [6.45, 7) is 1.36. The molecular weight excluding hydrogens is 269 g/mol. The van der Waals surface area contributed by atoms with Crippen LogP contribution in [0.25, 0.3) is 0 Å². The van der Waals surface area contributed by atoms with E-state index in [1.54, 1.807) is 19.2 Å². The van der Waals surface area contributed by atoms with Crippen molar-refractivity contribution in [3.63, 3.8) is 0 Å². The van der Waals surface area contributed by atoms with Gasteiger partial charge in [0.15, 0.2) is 5.96 Å². The van der Waals surface area contributed by atoms with Gasteiger partial charge in [0.05, 0.1) is 6.61 Å². The van der Waals surface area contributed by atoms with E-state index >= 15 is 0 Å². The van der Waals surface area contributed by atoms with Crippen molar-refractivity contribution in [2.75, 3.05) is 20.2 Å². The molecule has 0 spiro atoms. The molecule has 0 radical (unpaired) electrons. The molecule has 0 bridgehead atoms. The summed E-state index contributed by atoms with van der Waals surface area (Å²) in [4.78, 5) is 4.20. The van der Waals surface area contributed by atoms with E-state index in [0.29, 0.717) is 18.4 Å². The lowest BCUT2D eigenvalue weighted by Gasteiger charge is -2.16. The van der Waals surface area contributed by atoms with Gasteiger partial charge in [0.25, 0.3) is 0 Å². The van der Waals surface area contributed by atoms with Crippen molar-refractivity contribution in [3.8, 4) is 5.75 Å². The first-order valence-corrected chi connectivity index (χ1v) is 7.28. The van der Waals surface area contributed by atoms with E-state index in [1.165, 1.54) is 12.1 Å². The molecule has 114 valence electrons. The number of benzene rings is 1. The van der Waals surface area contributed by atoms with Crippen LogP contribution in [0.1, 0.15) is 19.3 Å². The summed E-state index contributed by atoms with van der Waals surface area (Å²) in [5, 5.41) is 6.64.